The molecule has 1 unspecified atom stereocenters. The predicted molar refractivity (Wildman–Crippen MR) is 118 cm³/mol. The topological polar surface area (TPSA) is 85.2 Å². The van der Waals surface area contributed by atoms with Gasteiger partial charge >= 0.3 is 11.9 Å². The highest BCUT2D eigenvalue weighted by Crippen LogP contribution is 2.65. The van der Waals surface area contributed by atoms with Gasteiger partial charge in [0.15, 0.2) is 0 Å². The van der Waals surface area contributed by atoms with E-state index in [9.17, 15) is 14.7 Å². The van der Waals surface area contributed by atoms with Gasteiger partial charge in [0.05, 0.1) is 5.71 Å². The molecule has 6 nitrogen and oxygen atoms in total. The summed E-state index contributed by atoms with van der Waals surface area (Å²) < 4.78 is 5.58. The molecule has 4 rings (SSSR count). The normalized spacial score (nSPS) is 43.5. The quantitative estimate of drug-likeness (QED) is 0.487. The summed E-state index contributed by atoms with van der Waals surface area (Å²) in [5, 5.41) is 13.8. The van der Waals surface area contributed by atoms with Crippen molar-refractivity contribution in [2.45, 2.75) is 104 Å². The third kappa shape index (κ3) is 3.78. The molecule has 1 N–H and O–H groups in total. The molecule has 4 saturated carbocycles. The molecule has 0 bridgehead atoms. The summed E-state index contributed by atoms with van der Waals surface area (Å²) in [7, 11) is 0. The van der Waals surface area contributed by atoms with E-state index in [1.165, 1.54) is 26.2 Å². The summed E-state index contributed by atoms with van der Waals surface area (Å²) in [6.45, 7) is 9.47. The van der Waals surface area contributed by atoms with E-state index >= 15 is 0 Å². The van der Waals surface area contributed by atoms with Crippen molar-refractivity contribution in [3.05, 3.63) is 0 Å². The minimum Gasteiger partial charge on any atom is -0.478 e. The molecule has 0 aromatic rings. The number of carbonyl (C=O) groups is 2. The minimum absolute atomic E-state index is 0.0217. The van der Waals surface area contributed by atoms with Gasteiger partial charge < -0.3 is 14.7 Å². The van der Waals surface area contributed by atoms with Crippen molar-refractivity contribution in [3.63, 3.8) is 0 Å². The Morgan fingerprint density at radius 3 is 2.48 bits per heavy atom. The summed E-state index contributed by atoms with van der Waals surface area (Å²) in [5.41, 5.74) is 0.123. The average Bonchev–Trinajstić information content (AvgIpc) is 3.02. The number of hydrogen-bond donors (Lipinski definition) is 1. The maximum Gasteiger partial charge on any atom is 0.350 e. The lowest BCUT2D eigenvalue weighted by Crippen LogP contribution is -2.54. The second kappa shape index (κ2) is 7.77. The Hall–Kier alpha value is -1.59. The van der Waals surface area contributed by atoms with Crippen LogP contribution >= 0.6 is 0 Å². The van der Waals surface area contributed by atoms with Crippen LogP contribution in [-0.2, 0) is 19.2 Å². The Labute approximate surface area is 186 Å². The first-order chi connectivity index (χ1) is 14.5. The SMILES string of the molecule is CC(=O)O[C@@H]1CC[C@@]2(C)[C@@H](CC[C@H]3C4CC/C(=N\OC(C)(C)C(=O)O)[C@@]4(C)CC[C@@H]32)C1. The van der Waals surface area contributed by atoms with Crippen LogP contribution in [0, 0.1) is 34.5 Å². The van der Waals surface area contributed by atoms with Gasteiger partial charge in [0.25, 0.3) is 0 Å². The highest BCUT2D eigenvalue weighted by Gasteiger charge is 2.60. The fourth-order valence-electron chi connectivity index (χ4n) is 7.71. The number of carboxylic acid groups (broad SMARTS) is 1. The van der Waals surface area contributed by atoms with Crippen LogP contribution in [-0.4, -0.2) is 34.5 Å². The monoisotopic (exact) mass is 433 g/mol. The molecule has 0 amide bonds. The van der Waals surface area contributed by atoms with Crippen LogP contribution in [0.2, 0.25) is 0 Å². The van der Waals surface area contributed by atoms with E-state index < -0.39 is 11.6 Å². The number of esters is 1. The van der Waals surface area contributed by atoms with E-state index in [0.29, 0.717) is 23.2 Å². The van der Waals surface area contributed by atoms with Gasteiger partial charge in [0.2, 0.25) is 5.60 Å². The van der Waals surface area contributed by atoms with Gasteiger partial charge in [0, 0.05) is 12.3 Å². The summed E-state index contributed by atoms with van der Waals surface area (Å²) in [6.07, 6.45) is 10.1. The third-order valence-electron chi connectivity index (χ3n) is 9.59. The molecule has 31 heavy (non-hydrogen) atoms. The molecule has 0 aromatic heterocycles. The number of carbonyl (C=O) groups excluding carboxylic acids is 1. The molecule has 0 heterocycles. The van der Waals surface area contributed by atoms with E-state index in [1.807, 2.05) is 0 Å². The summed E-state index contributed by atoms with van der Waals surface area (Å²) in [4.78, 5) is 28.4. The van der Waals surface area contributed by atoms with Crippen LogP contribution in [0.5, 0.6) is 0 Å². The van der Waals surface area contributed by atoms with Gasteiger partial charge in [0.1, 0.15) is 6.10 Å². The van der Waals surface area contributed by atoms with Crippen molar-refractivity contribution in [1.82, 2.24) is 0 Å². The third-order valence-corrected chi connectivity index (χ3v) is 9.59. The largest absolute Gasteiger partial charge is 0.478 e. The van der Waals surface area contributed by atoms with Crippen molar-refractivity contribution < 1.29 is 24.3 Å². The molecule has 4 fully saturated rings. The average molecular weight is 434 g/mol. The second-order valence-electron chi connectivity index (χ2n) is 11.6. The lowest BCUT2D eigenvalue weighted by molar-refractivity contribution is -0.161. The maximum absolute atomic E-state index is 11.4. The predicted octanol–water partition coefficient (Wildman–Crippen LogP) is 5.20. The van der Waals surface area contributed by atoms with E-state index in [1.54, 1.807) is 13.8 Å². The summed E-state index contributed by atoms with van der Waals surface area (Å²) >= 11 is 0. The zero-order valence-corrected chi connectivity index (χ0v) is 19.8. The zero-order chi connectivity index (χ0) is 22.6. The van der Waals surface area contributed by atoms with E-state index in [0.717, 1.165) is 50.2 Å². The number of nitrogens with zero attached hydrogens (tertiary/aromatic N) is 1. The molecule has 4 aliphatic rings. The highest BCUT2D eigenvalue weighted by atomic mass is 16.7. The van der Waals surface area contributed by atoms with Crippen LogP contribution in [0.25, 0.3) is 0 Å². The first-order valence-electron chi connectivity index (χ1n) is 12.1. The highest BCUT2D eigenvalue weighted by molar-refractivity contribution is 5.92. The van der Waals surface area contributed by atoms with Gasteiger partial charge in [-0.15, -0.1) is 0 Å². The maximum atomic E-state index is 11.4. The van der Waals surface area contributed by atoms with Gasteiger partial charge in [-0.1, -0.05) is 19.0 Å². The second-order valence-corrected chi connectivity index (χ2v) is 11.6. The first-order valence-corrected chi connectivity index (χ1v) is 12.1. The number of rotatable bonds is 4. The Kier molecular flexibility index (Phi) is 5.66. The Morgan fingerprint density at radius 1 is 1.06 bits per heavy atom. The van der Waals surface area contributed by atoms with Crippen molar-refractivity contribution in [1.29, 1.82) is 0 Å². The Bertz CT molecular complexity index is 776. The fourth-order valence-corrected chi connectivity index (χ4v) is 7.71. The van der Waals surface area contributed by atoms with E-state index in [-0.39, 0.29) is 17.5 Å². The van der Waals surface area contributed by atoms with Crippen LogP contribution in [0.3, 0.4) is 0 Å². The van der Waals surface area contributed by atoms with Crippen molar-refractivity contribution in [2.24, 2.45) is 39.7 Å². The van der Waals surface area contributed by atoms with Gasteiger partial charge in [-0.3, -0.25) is 4.79 Å². The minimum atomic E-state index is -1.30. The fraction of sp³-hybridized carbons (Fsp3) is 0.880. The Morgan fingerprint density at radius 2 is 1.81 bits per heavy atom. The number of aliphatic carboxylic acids is 1. The smallest absolute Gasteiger partial charge is 0.350 e. The summed E-state index contributed by atoms with van der Waals surface area (Å²) in [6, 6.07) is 0. The molecular weight excluding hydrogens is 394 g/mol. The Balaban J connectivity index is 1.50. The number of carboxylic acids is 1. The number of hydrogen-bond acceptors (Lipinski definition) is 5. The summed E-state index contributed by atoms with van der Waals surface area (Å²) in [5.74, 6) is 1.53. The number of ether oxygens (including phenoxy) is 1. The molecule has 0 aromatic carbocycles. The van der Waals surface area contributed by atoms with Crippen molar-refractivity contribution in [2.75, 3.05) is 0 Å². The molecule has 0 aliphatic heterocycles. The van der Waals surface area contributed by atoms with E-state index in [4.69, 9.17) is 9.57 Å². The lowest BCUT2D eigenvalue weighted by atomic mass is 9.45. The van der Waals surface area contributed by atoms with Crippen LogP contribution < -0.4 is 0 Å². The van der Waals surface area contributed by atoms with Crippen molar-refractivity contribution in [3.8, 4) is 0 Å². The standard InChI is InChI=1S/C25H39NO5/c1-15(27)30-17-10-12-24(4)16(14-17)6-7-18-19-8-9-21(25(19,5)13-11-20(18)24)26-31-23(2,3)22(28)29/h16-20H,6-14H2,1-5H3,(H,28,29)/b26-21+/t16-,17+,18-,19?,20-,24-,25-/m0/s1. The van der Waals surface area contributed by atoms with Crippen molar-refractivity contribution >= 4 is 17.7 Å². The lowest BCUT2D eigenvalue weighted by Gasteiger charge is -2.60. The number of oxime groups is 1. The molecule has 174 valence electrons. The van der Waals surface area contributed by atoms with Gasteiger partial charge in [-0.2, -0.15) is 0 Å². The molecule has 0 spiro atoms. The van der Waals surface area contributed by atoms with Crippen LogP contribution in [0.4, 0.5) is 0 Å². The van der Waals surface area contributed by atoms with Crippen LogP contribution in [0.1, 0.15) is 92.4 Å². The molecular formula is C25H39NO5. The zero-order valence-electron chi connectivity index (χ0n) is 19.8. The van der Waals surface area contributed by atoms with E-state index in [2.05, 4.69) is 19.0 Å². The molecule has 6 heteroatoms. The molecule has 0 saturated heterocycles. The van der Waals surface area contributed by atoms with Gasteiger partial charge in [-0.25, -0.2) is 4.79 Å². The molecule has 7 atom stereocenters. The van der Waals surface area contributed by atoms with Gasteiger partial charge in [-0.05, 0) is 101 Å². The van der Waals surface area contributed by atoms with Crippen LogP contribution in [0.15, 0.2) is 5.16 Å². The first kappa shape index (κ1) is 22.6. The number of fused-ring (bicyclic) bond motifs is 5. The molecule has 0 radical (unpaired) electrons. The molecule has 4 aliphatic carbocycles.